The number of hydrogen-bond acceptors (Lipinski definition) is 2. The van der Waals surface area contributed by atoms with Crippen LogP contribution in [0.15, 0.2) is 179 Å². The molecule has 0 saturated heterocycles. The third-order valence-electron chi connectivity index (χ3n) is 13.2. The van der Waals surface area contributed by atoms with E-state index in [1.165, 1.54) is 87.3 Å². The summed E-state index contributed by atoms with van der Waals surface area (Å²) in [5.74, 6) is 0. The molecule has 15 aromatic rings. The zero-order valence-electron chi connectivity index (χ0n) is 30.9. The smallest absolute Gasteiger partial charge is 0.136 e. The minimum atomic E-state index is 0.911. The Labute approximate surface area is 328 Å². The zero-order valence-corrected chi connectivity index (χ0v) is 30.9. The van der Waals surface area contributed by atoms with Gasteiger partial charge in [-0.05, 0) is 95.1 Å². The molecule has 58 heavy (non-hydrogen) atoms. The van der Waals surface area contributed by atoms with Crippen LogP contribution in [0.25, 0.3) is 142 Å². The summed E-state index contributed by atoms with van der Waals surface area (Å²) >= 11 is 0. The molecule has 0 aliphatic rings. The molecular formula is C54H28N2O2. The second-order valence-corrected chi connectivity index (χ2v) is 16.0. The van der Waals surface area contributed by atoms with Crippen LogP contribution in [-0.4, -0.2) is 8.80 Å². The fourth-order valence-electron chi connectivity index (χ4n) is 10.8. The fraction of sp³-hybridized carbons (Fsp3) is 0. The lowest BCUT2D eigenvalue weighted by Gasteiger charge is -2.06. The summed E-state index contributed by atoms with van der Waals surface area (Å²) in [6, 6.07) is 61.9. The van der Waals surface area contributed by atoms with Crippen molar-refractivity contribution in [3.05, 3.63) is 170 Å². The molecule has 4 nitrogen and oxygen atoms in total. The molecule has 6 heterocycles. The number of hydrogen-bond donors (Lipinski definition) is 0. The first-order valence-corrected chi connectivity index (χ1v) is 19.9. The van der Waals surface area contributed by atoms with Crippen molar-refractivity contribution in [2.24, 2.45) is 0 Å². The van der Waals surface area contributed by atoms with Crippen molar-refractivity contribution in [1.82, 2.24) is 8.80 Å². The van der Waals surface area contributed by atoms with Gasteiger partial charge in [0.2, 0.25) is 0 Å². The third kappa shape index (κ3) is 3.46. The molecular weight excluding hydrogens is 709 g/mol. The standard InChI is InChI=1S/C54H28N2O2/c1-5-13-41-37(11-1)49-51-39-25-29(31-17-21-35-33-9-3-7-15-45(33)57-47(35)27-31)20-24-44(39)56-42-14-6-2-12-38(42)50(54(51)56)52-40-26-30(19-23-43(40)55(41)53(49)52)32-18-22-36-34-10-4-8-16-46(34)58-48(36)28-32/h1-28H. The van der Waals surface area contributed by atoms with Crippen LogP contribution in [0.1, 0.15) is 0 Å². The largest absolute Gasteiger partial charge is 0.456 e. The molecule has 266 valence electrons. The van der Waals surface area contributed by atoms with E-state index in [0.717, 1.165) is 55.0 Å². The Kier molecular flexibility index (Phi) is 5.14. The van der Waals surface area contributed by atoms with Crippen LogP contribution in [0, 0.1) is 0 Å². The van der Waals surface area contributed by atoms with E-state index >= 15 is 0 Å². The summed E-state index contributed by atoms with van der Waals surface area (Å²) in [5, 5.41) is 14.9. The van der Waals surface area contributed by atoms with Gasteiger partial charge in [0, 0.05) is 64.6 Å². The van der Waals surface area contributed by atoms with Crippen LogP contribution in [0.3, 0.4) is 0 Å². The van der Waals surface area contributed by atoms with Crippen molar-refractivity contribution in [2.45, 2.75) is 0 Å². The lowest BCUT2D eigenvalue weighted by Crippen LogP contribution is -1.82. The number of nitrogens with zero attached hydrogens (tertiary/aromatic N) is 2. The maximum absolute atomic E-state index is 6.36. The predicted molar refractivity (Wildman–Crippen MR) is 241 cm³/mol. The number of benzene rings is 9. The van der Waals surface area contributed by atoms with Gasteiger partial charge in [-0.25, -0.2) is 0 Å². The SMILES string of the molecule is c1ccc2c(c1)oc1cc(-c3ccc4c(c3)c3c5c6ccccc6n6c7ccc(-c8ccc9c(c8)oc8ccccc89)cc7c(c7c8ccccc8n4c73)c56)ccc12. The molecule has 0 aliphatic carbocycles. The molecule has 15 rings (SSSR count). The van der Waals surface area contributed by atoms with Gasteiger partial charge in [0.25, 0.3) is 0 Å². The molecule has 0 radical (unpaired) electrons. The van der Waals surface area contributed by atoms with Crippen LogP contribution in [0.2, 0.25) is 0 Å². The van der Waals surface area contributed by atoms with Crippen molar-refractivity contribution in [2.75, 3.05) is 0 Å². The summed E-state index contributed by atoms with van der Waals surface area (Å²) in [4.78, 5) is 0. The van der Waals surface area contributed by atoms with Crippen LogP contribution < -0.4 is 0 Å². The van der Waals surface area contributed by atoms with Crippen LogP contribution >= 0.6 is 0 Å². The first kappa shape index (κ1) is 29.5. The second-order valence-electron chi connectivity index (χ2n) is 16.0. The van der Waals surface area contributed by atoms with Gasteiger partial charge in [0.1, 0.15) is 22.3 Å². The molecule has 0 N–H and O–H groups in total. The molecule has 4 heteroatoms. The van der Waals surface area contributed by atoms with Crippen LogP contribution in [0.4, 0.5) is 0 Å². The highest BCUT2D eigenvalue weighted by Gasteiger charge is 2.29. The fourth-order valence-corrected chi connectivity index (χ4v) is 10.8. The number of fused-ring (bicyclic) bond motifs is 20. The highest BCUT2D eigenvalue weighted by Crippen LogP contribution is 2.52. The highest BCUT2D eigenvalue weighted by molar-refractivity contribution is 6.45. The normalized spacial score (nSPS) is 12.8. The molecule has 0 bridgehead atoms. The molecule has 6 aromatic heterocycles. The molecule has 0 amide bonds. The third-order valence-corrected chi connectivity index (χ3v) is 13.2. The maximum atomic E-state index is 6.36. The Morgan fingerprint density at radius 3 is 1.09 bits per heavy atom. The first-order chi connectivity index (χ1) is 28.8. The second kappa shape index (κ2) is 10.1. The Balaban J connectivity index is 1.07. The average Bonchev–Trinajstić information content (AvgIpc) is 4.11. The molecule has 0 saturated carbocycles. The van der Waals surface area contributed by atoms with Gasteiger partial charge in [-0.15, -0.1) is 0 Å². The maximum Gasteiger partial charge on any atom is 0.136 e. The topological polar surface area (TPSA) is 35.1 Å². The van der Waals surface area contributed by atoms with Gasteiger partial charge in [-0.1, -0.05) is 97.1 Å². The molecule has 0 fully saturated rings. The number of para-hydroxylation sites is 4. The van der Waals surface area contributed by atoms with Crippen LogP contribution in [0.5, 0.6) is 0 Å². The van der Waals surface area contributed by atoms with Gasteiger partial charge in [-0.3, -0.25) is 0 Å². The molecule has 0 spiro atoms. The Bertz CT molecular complexity index is 3990. The van der Waals surface area contributed by atoms with Gasteiger partial charge in [0.05, 0.1) is 33.1 Å². The summed E-state index contributed by atoms with van der Waals surface area (Å²) in [5.41, 5.74) is 15.8. The van der Waals surface area contributed by atoms with E-state index in [-0.39, 0.29) is 0 Å². The Hall–Kier alpha value is -7.82. The van der Waals surface area contributed by atoms with Crippen molar-refractivity contribution >= 4 is 120 Å². The van der Waals surface area contributed by atoms with E-state index in [4.69, 9.17) is 8.83 Å². The monoisotopic (exact) mass is 736 g/mol. The lowest BCUT2D eigenvalue weighted by atomic mass is 9.95. The van der Waals surface area contributed by atoms with E-state index < -0.39 is 0 Å². The van der Waals surface area contributed by atoms with E-state index in [1.54, 1.807) is 0 Å². The zero-order chi connectivity index (χ0) is 37.4. The lowest BCUT2D eigenvalue weighted by molar-refractivity contribution is 0.668. The summed E-state index contributed by atoms with van der Waals surface area (Å²) in [6.07, 6.45) is 0. The van der Waals surface area contributed by atoms with Crippen molar-refractivity contribution < 1.29 is 8.83 Å². The number of rotatable bonds is 2. The number of furan rings is 2. The quantitative estimate of drug-likeness (QED) is 0.177. The predicted octanol–water partition coefficient (Wildman–Crippen LogP) is 15.1. The first-order valence-electron chi connectivity index (χ1n) is 19.9. The number of aromatic nitrogens is 2. The molecule has 9 aromatic carbocycles. The molecule has 0 atom stereocenters. The van der Waals surface area contributed by atoms with Crippen LogP contribution in [-0.2, 0) is 0 Å². The summed E-state index contributed by atoms with van der Waals surface area (Å²) < 4.78 is 17.8. The molecule has 0 unspecified atom stereocenters. The van der Waals surface area contributed by atoms with Crippen molar-refractivity contribution in [3.63, 3.8) is 0 Å². The minimum Gasteiger partial charge on any atom is -0.456 e. The van der Waals surface area contributed by atoms with Gasteiger partial charge in [-0.2, -0.15) is 0 Å². The average molecular weight is 737 g/mol. The Morgan fingerprint density at radius 1 is 0.259 bits per heavy atom. The highest BCUT2D eigenvalue weighted by atomic mass is 16.3. The van der Waals surface area contributed by atoms with Crippen molar-refractivity contribution in [3.8, 4) is 22.3 Å². The Morgan fingerprint density at radius 2 is 0.603 bits per heavy atom. The van der Waals surface area contributed by atoms with Crippen molar-refractivity contribution in [1.29, 1.82) is 0 Å². The van der Waals surface area contributed by atoms with E-state index in [1.807, 2.05) is 24.3 Å². The van der Waals surface area contributed by atoms with E-state index in [2.05, 4.69) is 154 Å². The summed E-state index contributed by atoms with van der Waals surface area (Å²) in [7, 11) is 0. The van der Waals surface area contributed by atoms with Gasteiger partial charge < -0.3 is 17.6 Å². The van der Waals surface area contributed by atoms with E-state index in [0.29, 0.717) is 0 Å². The molecule has 0 aliphatic heterocycles. The summed E-state index contributed by atoms with van der Waals surface area (Å²) in [6.45, 7) is 0. The van der Waals surface area contributed by atoms with Gasteiger partial charge in [0.15, 0.2) is 0 Å². The van der Waals surface area contributed by atoms with Gasteiger partial charge >= 0.3 is 0 Å². The van der Waals surface area contributed by atoms with E-state index in [9.17, 15) is 0 Å². The minimum absolute atomic E-state index is 0.911.